The maximum Gasteiger partial charge on any atom is 0.274 e. The molecule has 20 heavy (non-hydrogen) atoms. The summed E-state index contributed by atoms with van der Waals surface area (Å²) >= 11 is 3.62. The van der Waals surface area contributed by atoms with Crippen LogP contribution in [0.15, 0.2) is 28.7 Å². The number of halogens is 1. The third-order valence-corrected chi connectivity index (χ3v) is 4.72. The molecule has 2 aromatic rings. The molecule has 0 unspecified atom stereocenters. The van der Waals surface area contributed by atoms with Gasteiger partial charge in [0.05, 0.1) is 4.47 Å². The van der Waals surface area contributed by atoms with Crippen molar-refractivity contribution in [3.63, 3.8) is 0 Å². The van der Waals surface area contributed by atoms with Crippen LogP contribution in [0.2, 0.25) is 13.1 Å². The van der Waals surface area contributed by atoms with Gasteiger partial charge in [0, 0.05) is 5.39 Å². The minimum Gasteiger partial charge on any atom is -0.541 e. The number of benzene rings is 2. The van der Waals surface area contributed by atoms with Crippen molar-refractivity contribution in [2.45, 2.75) is 46.2 Å². The van der Waals surface area contributed by atoms with Crippen molar-refractivity contribution < 1.29 is 4.43 Å². The summed E-state index contributed by atoms with van der Waals surface area (Å²) in [6.45, 7) is 13.3. The van der Waals surface area contributed by atoms with E-state index in [1.165, 1.54) is 21.9 Å². The van der Waals surface area contributed by atoms with Gasteiger partial charge in [-0.25, -0.2) is 0 Å². The summed E-state index contributed by atoms with van der Waals surface area (Å²) in [6, 6.07) is 8.74. The highest BCUT2D eigenvalue weighted by molar-refractivity contribution is 9.10. The van der Waals surface area contributed by atoms with Crippen LogP contribution >= 0.6 is 15.9 Å². The Bertz CT molecular complexity index is 641. The van der Waals surface area contributed by atoms with E-state index in [0.29, 0.717) is 0 Å². The largest absolute Gasteiger partial charge is 0.541 e. The van der Waals surface area contributed by atoms with Gasteiger partial charge in [0.15, 0.2) is 0 Å². The van der Waals surface area contributed by atoms with Gasteiger partial charge in [-0.15, -0.1) is 0 Å². The number of hydrogen-bond acceptors (Lipinski definition) is 1. The molecule has 0 amide bonds. The van der Waals surface area contributed by atoms with E-state index < -0.39 is 9.04 Å². The zero-order chi connectivity index (χ0) is 15.1. The zero-order valence-corrected chi connectivity index (χ0v) is 15.7. The van der Waals surface area contributed by atoms with Crippen molar-refractivity contribution in [2.24, 2.45) is 0 Å². The Hall–Kier alpha value is -0.803. The Labute approximate surface area is 132 Å². The second-order valence-electron chi connectivity index (χ2n) is 6.47. The number of rotatable bonds is 2. The molecule has 0 fully saturated rings. The summed E-state index contributed by atoms with van der Waals surface area (Å²) in [5.41, 5.74) is 2.92. The molecule has 0 aliphatic heterocycles. The normalized spacial score (nSPS) is 12.2. The van der Waals surface area contributed by atoms with Crippen LogP contribution in [0, 0.1) is 6.92 Å². The van der Waals surface area contributed by atoms with Gasteiger partial charge in [0.25, 0.3) is 9.04 Å². The highest BCUT2D eigenvalue weighted by Crippen LogP contribution is 2.38. The van der Waals surface area contributed by atoms with Crippen LogP contribution in [0.25, 0.3) is 10.8 Å². The van der Waals surface area contributed by atoms with E-state index in [-0.39, 0.29) is 5.41 Å². The summed E-state index contributed by atoms with van der Waals surface area (Å²) < 4.78 is 7.13. The summed E-state index contributed by atoms with van der Waals surface area (Å²) in [7, 11) is -0.780. The Balaban J connectivity index is 2.73. The summed E-state index contributed by atoms with van der Waals surface area (Å²) in [5.74, 6) is 0.991. The molecule has 0 saturated heterocycles. The molecule has 2 rings (SSSR count). The van der Waals surface area contributed by atoms with Gasteiger partial charge in [0.2, 0.25) is 0 Å². The molecule has 0 aliphatic carbocycles. The smallest absolute Gasteiger partial charge is 0.274 e. The van der Waals surface area contributed by atoms with Gasteiger partial charge >= 0.3 is 0 Å². The monoisotopic (exact) mass is 349 g/mol. The number of aryl methyl sites for hydroxylation is 1. The fourth-order valence-corrected chi connectivity index (χ4v) is 3.83. The number of hydrogen-bond donors (Lipinski definition) is 0. The standard InChI is InChI=1S/C17H22BrOSi/c1-11-12-8-10-15(18)16(19-20(5)6)13(12)7-9-14(11)17(2,3)4/h7-10H,1-6H3. The first-order chi connectivity index (χ1) is 9.21. The maximum absolute atomic E-state index is 6.09. The van der Waals surface area contributed by atoms with Crippen molar-refractivity contribution in [1.29, 1.82) is 0 Å². The van der Waals surface area contributed by atoms with Crippen molar-refractivity contribution >= 4 is 35.7 Å². The first kappa shape index (κ1) is 15.6. The molecule has 0 atom stereocenters. The lowest BCUT2D eigenvalue weighted by molar-refractivity contribution is 0.581. The van der Waals surface area contributed by atoms with Crippen molar-refractivity contribution in [3.05, 3.63) is 39.9 Å². The third kappa shape index (κ3) is 2.94. The van der Waals surface area contributed by atoms with E-state index in [1.807, 2.05) is 0 Å². The second kappa shape index (κ2) is 5.53. The van der Waals surface area contributed by atoms with Gasteiger partial charge in [-0.3, -0.25) is 0 Å². The van der Waals surface area contributed by atoms with E-state index >= 15 is 0 Å². The second-order valence-corrected chi connectivity index (χ2v) is 9.35. The SMILES string of the molecule is Cc1c(C(C)(C)C)ccc2c(O[Si](C)C)c(Br)ccc12. The van der Waals surface area contributed by atoms with Crippen LogP contribution in [0.1, 0.15) is 31.9 Å². The lowest BCUT2D eigenvalue weighted by atomic mass is 9.82. The highest BCUT2D eigenvalue weighted by Gasteiger charge is 2.19. The quantitative estimate of drug-likeness (QED) is 0.619. The predicted octanol–water partition coefficient (Wildman–Crippen LogP) is 5.84. The molecule has 3 heteroatoms. The van der Waals surface area contributed by atoms with E-state index in [0.717, 1.165) is 10.2 Å². The minimum absolute atomic E-state index is 0.164. The molecule has 0 N–H and O–H groups in total. The fraction of sp³-hybridized carbons (Fsp3) is 0.412. The Morgan fingerprint density at radius 3 is 2.15 bits per heavy atom. The summed E-state index contributed by atoms with van der Waals surface area (Å²) in [6.07, 6.45) is 0. The van der Waals surface area contributed by atoms with Crippen LogP contribution in [0.3, 0.4) is 0 Å². The maximum atomic E-state index is 6.09. The molecule has 1 radical (unpaired) electrons. The summed E-state index contributed by atoms with van der Waals surface area (Å²) in [4.78, 5) is 0. The molecule has 0 saturated carbocycles. The van der Waals surface area contributed by atoms with Crippen molar-refractivity contribution in [3.8, 4) is 5.75 Å². The Kier molecular flexibility index (Phi) is 4.31. The summed E-state index contributed by atoms with van der Waals surface area (Å²) in [5, 5.41) is 2.50. The molecule has 0 bridgehead atoms. The highest BCUT2D eigenvalue weighted by atomic mass is 79.9. The van der Waals surface area contributed by atoms with Crippen LogP contribution in [-0.2, 0) is 5.41 Å². The topological polar surface area (TPSA) is 9.23 Å². The van der Waals surface area contributed by atoms with Gasteiger partial charge in [0.1, 0.15) is 5.75 Å². The van der Waals surface area contributed by atoms with E-state index in [9.17, 15) is 0 Å². The molecule has 107 valence electrons. The van der Waals surface area contributed by atoms with E-state index in [4.69, 9.17) is 4.43 Å². The van der Waals surface area contributed by atoms with E-state index in [2.05, 4.69) is 81.0 Å². The Morgan fingerprint density at radius 1 is 1.00 bits per heavy atom. The van der Waals surface area contributed by atoms with Crippen molar-refractivity contribution in [2.75, 3.05) is 0 Å². The Morgan fingerprint density at radius 2 is 1.60 bits per heavy atom. The van der Waals surface area contributed by atoms with Crippen LogP contribution in [0.4, 0.5) is 0 Å². The molecule has 1 nitrogen and oxygen atoms in total. The van der Waals surface area contributed by atoms with E-state index in [1.54, 1.807) is 0 Å². The van der Waals surface area contributed by atoms with Crippen LogP contribution in [0.5, 0.6) is 5.75 Å². The van der Waals surface area contributed by atoms with Crippen molar-refractivity contribution in [1.82, 2.24) is 0 Å². The first-order valence-electron chi connectivity index (χ1n) is 6.92. The van der Waals surface area contributed by atoms with Crippen LogP contribution < -0.4 is 4.43 Å². The lowest BCUT2D eigenvalue weighted by Crippen LogP contribution is -2.14. The third-order valence-electron chi connectivity index (χ3n) is 3.49. The average Bonchev–Trinajstić information content (AvgIpc) is 2.31. The molecule has 0 aromatic heterocycles. The molecule has 2 aromatic carbocycles. The predicted molar refractivity (Wildman–Crippen MR) is 93.2 cm³/mol. The molecule has 0 spiro atoms. The lowest BCUT2D eigenvalue weighted by Gasteiger charge is -2.24. The molecular weight excluding hydrogens is 328 g/mol. The fourth-order valence-electron chi connectivity index (χ4n) is 2.62. The van der Waals surface area contributed by atoms with Crippen LogP contribution in [-0.4, -0.2) is 9.04 Å². The average molecular weight is 350 g/mol. The molecular formula is C17H22BrOSi. The van der Waals surface area contributed by atoms with Gasteiger partial charge < -0.3 is 4.43 Å². The first-order valence-corrected chi connectivity index (χ1v) is 10.1. The van der Waals surface area contributed by atoms with Gasteiger partial charge in [-0.05, 0) is 63.9 Å². The minimum atomic E-state index is -0.780. The number of fused-ring (bicyclic) bond motifs is 1. The molecule has 0 aliphatic rings. The van der Waals surface area contributed by atoms with Gasteiger partial charge in [-0.1, -0.05) is 39.0 Å². The van der Waals surface area contributed by atoms with Gasteiger partial charge in [-0.2, -0.15) is 0 Å². The zero-order valence-electron chi connectivity index (χ0n) is 13.1. The molecule has 0 heterocycles.